The molecule has 0 spiro atoms. The number of nitrogens with two attached hydrogens (primary N) is 1. The number of rotatable bonds is 7. The maximum Gasteiger partial charge on any atom is 0.319 e. The second-order valence-corrected chi connectivity index (χ2v) is 10.3. The van der Waals surface area contributed by atoms with E-state index in [9.17, 15) is 22.0 Å². The molecule has 0 saturated carbocycles. The first-order valence-electron chi connectivity index (χ1n) is 10.1. The van der Waals surface area contributed by atoms with E-state index >= 15 is 0 Å². The van der Waals surface area contributed by atoms with Crippen molar-refractivity contribution in [2.45, 2.75) is 23.5 Å². The minimum absolute atomic E-state index is 0.000666. The highest BCUT2D eigenvalue weighted by molar-refractivity contribution is 7.92. The number of carbonyl (C=O) groups is 1. The van der Waals surface area contributed by atoms with E-state index in [4.69, 9.17) is 10.8 Å². The maximum atomic E-state index is 13.7. The number of aliphatic hydroxyl groups is 1. The lowest BCUT2D eigenvalue weighted by molar-refractivity contribution is 0.245. The van der Waals surface area contributed by atoms with Gasteiger partial charge in [-0.15, -0.1) is 0 Å². The van der Waals surface area contributed by atoms with Crippen molar-refractivity contribution in [1.82, 2.24) is 15.3 Å². The minimum atomic E-state index is -4.28. The number of aliphatic hydroxyl groups excluding tert-OH is 1. The summed E-state index contributed by atoms with van der Waals surface area (Å²) in [4.78, 5) is 19.7. The molecule has 0 unspecified atom stereocenters. The molecule has 0 saturated heterocycles. The molecule has 3 rings (SSSR count). The normalized spacial score (nSPS) is 11.8. The predicted molar refractivity (Wildman–Crippen MR) is 123 cm³/mol. The van der Waals surface area contributed by atoms with Crippen molar-refractivity contribution in [1.29, 1.82) is 0 Å². The van der Waals surface area contributed by atoms with Crippen LogP contribution in [0.4, 0.5) is 25.1 Å². The van der Waals surface area contributed by atoms with Crippen LogP contribution in [0.5, 0.6) is 0 Å². The third-order valence-corrected chi connectivity index (χ3v) is 7.39. The molecule has 0 radical (unpaired) electrons. The van der Waals surface area contributed by atoms with Crippen molar-refractivity contribution in [3.8, 4) is 11.4 Å². The number of sulfone groups is 1. The molecule has 9 nitrogen and oxygen atoms in total. The molecule has 0 aliphatic rings. The fourth-order valence-corrected chi connectivity index (χ4v) is 4.57. The lowest BCUT2D eigenvalue weighted by Crippen LogP contribution is -2.31. The molecule has 2 amide bonds. The Morgan fingerprint density at radius 1 is 1.06 bits per heavy atom. The average Bonchev–Trinajstić information content (AvgIpc) is 2.77. The quantitative estimate of drug-likeness (QED) is 0.397. The first-order chi connectivity index (χ1) is 15.9. The molecular weight excluding hydrogens is 468 g/mol. The number of nitrogens with one attached hydrogen (secondary N) is 2. The van der Waals surface area contributed by atoms with Crippen molar-refractivity contribution in [2.75, 3.05) is 24.2 Å². The largest absolute Gasteiger partial charge is 0.395 e. The molecule has 2 aromatic carbocycles. The Morgan fingerprint density at radius 2 is 1.68 bits per heavy atom. The van der Waals surface area contributed by atoms with Gasteiger partial charge in [0.25, 0.3) is 0 Å². The second-order valence-electron chi connectivity index (χ2n) is 7.80. The maximum absolute atomic E-state index is 13.7. The van der Waals surface area contributed by atoms with Crippen LogP contribution in [0.1, 0.15) is 19.5 Å². The van der Waals surface area contributed by atoms with Crippen molar-refractivity contribution < 1.29 is 27.1 Å². The van der Waals surface area contributed by atoms with Gasteiger partial charge in [0.15, 0.2) is 15.7 Å². The summed E-state index contributed by atoms with van der Waals surface area (Å²) >= 11 is 0. The summed E-state index contributed by atoms with van der Waals surface area (Å²) in [5.74, 6) is -1.91. The van der Waals surface area contributed by atoms with Crippen molar-refractivity contribution >= 4 is 27.4 Å². The van der Waals surface area contributed by atoms with E-state index in [2.05, 4.69) is 20.6 Å². The highest BCUT2D eigenvalue weighted by atomic mass is 32.2. The number of nitrogen functional groups attached to an aromatic ring is 1. The summed E-state index contributed by atoms with van der Waals surface area (Å²) in [5, 5.41) is 13.8. The molecule has 34 heavy (non-hydrogen) atoms. The van der Waals surface area contributed by atoms with Crippen LogP contribution >= 0.6 is 0 Å². The summed E-state index contributed by atoms with van der Waals surface area (Å²) in [5.41, 5.74) is 6.89. The standard InChI is InChI=1S/C22H23F2N5O4S/c1-22(2,34(32,33)17-10-14(23)9-15(24)11-17)18-12-19(25)29-20(28-18)13-3-5-16(6-4-13)27-21(31)26-7-8-30/h3-6,9-12,30H,7-8H2,1-2H3,(H2,25,28,29)(H2,26,27,31). The third kappa shape index (κ3) is 5.29. The first kappa shape index (κ1) is 25.0. The van der Waals surface area contributed by atoms with Gasteiger partial charge in [0.2, 0.25) is 0 Å². The van der Waals surface area contributed by atoms with Gasteiger partial charge in [-0.2, -0.15) is 0 Å². The summed E-state index contributed by atoms with van der Waals surface area (Å²) < 4.78 is 52.1. The molecule has 3 aromatic rings. The highest BCUT2D eigenvalue weighted by Crippen LogP contribution is 2.36. The van der Waals surface area contributed by atoms with Crippen molar-refractivity contribution in [2.24, 2.45) is 0 Å². The number of hydrogen-bond acceptors (Lipinski definition) is 7. The Morgan fingerprint density at radius 3 is 2.26 bits per heavy atom. The second kappa shape index (κ2) is 9.69. The molecule has 0 aliphatic heterocycles. The topological polar surface area (TPSA) is 147 Å². The van der Waals surface area contributed by atoms with Crippen LogP contribution in [-0.4, -0.2) is 42.7 Å². The van der Waals surface area contributed by atoms with Crippen LogP contribution in [0.15, 0.2) is 53.4 Å². The van der Waals surface area contributed by atoms with Crippen LogP contribution in [0.2, 0.25) is 0 Å². The van der Waals surface area contributed by atoms with E-state index in [0.717, 1.165) is 12.1 Å². The summed E-state index contributed by atoms with van der Waals surface area (Å²) in [6, 6.07) is 9.23. The molecule has 0 atom stereocenters. The number of carbonyl (C=O) groups excluding carboxylic acids is 1. The van der Waals surface area contributed by atoms with Crippen LogP contribution in [-0.2, 0) is 14.6 Å². The number of benzene rings is 2. The fraction of sp³-hybridized carbons (Fsp3) is 0.227. The van der Waals surface area contributed by atoms with Gasteiger partial charge in [-0.1, -0.05) is 0 Å². The molecule has 0 bridgehead atoms. The zero-order chi connectivity index (χ0) is 25.1. The summed E-state index contributed by atoms with van der Waals surface area (Å²) in [6.45, 7) is 2.62. The Kier molecular flexibility index (Phi) is 7.12. The SMILES string of the molecule is CC(C)(c1cc(N)nc(-c2ccc(NC(=O)NCCO)cc2)n1)S(=O)(=O)c1cc(F)cc(F)c1. The van der Waals surface area contributed by atoms with Gasteiger partial charge in [-0.3, -0.25) is 0 Å². The highest BCUT2D eigenvalue weighted by Gasteiger charge is 2.40. The molecule has 0 fully saturated rings. The smallest absolute Gasteiger partial charge is 0.319 e. The number of hydrogen-bond donors (Lipinski definition) is 4. The fourth-order valence-electron chi connectivity index (χ4n) is 3.07. The van der Waals surface area contributed by atoms with Crippen molar-refractivity contribution in [3.05, 3.63) is 65.9 Å². The Bertz CT molecular complexity index is 1300. The Hall–Kier alpha value is -3.64. The van der Waals surface area contributed by atoms with E-state index in [1.165, 1.54) is 19.9 Å². The molecule has 180 valence electrons. The van der Waals surface area contributed by atoms with Gasteiger partial charge in [0, 0.05) is 29.9 Å². The zero-order valence-electron chi connectivity index (χ0n) is 18.3. The molecule has 1 aromatic heterocycles. The molecule has 1 heterocycles. The molecule has 5 N–H and O–H groups in total. The van der Waals surface area contributed by atoms with Gasteiger partial charge >= 0.3 is 6.03 Å². The van der Waals surface area contributed by atoms with E-state index in [-0.39, 0.29) is 30.5 Å². The minimum Gasteiger partial charge on any atom is -0.395 e. The molecular formula is C22H23F2N5O4S. The molecule has 0 aliphatic carbocycles. The van der Waals surface area contributed by atoms with Gasteiger partial charge in [0.1, 0.15) is 22.2 Å². The van der Waals surface area contributed by atoms with Gasteiger partial charge < -0.3 is 21.5 Å². The lowest BCUT2D eigenvalue weighted by atomic mass is 10.1. The number of urea groups is 1. The predicted octanol–water partition coefficient (Wildman–Crippen LogP) is 2.83. The Labute approximate surface area is 195 Å². The summed E-state index contributed by atoms with van der Waals surface area (Å²) in [6.07, 6.45) is 0. The van der Waals surface area contributed by atoms with E-state index in [1.54, 1.807) is 24.3 Å². The Balaban J connectivity index is 1.94. The van der Waals surface area contributed by atoms with Crippen LogP contribution in [0.25, 0.3) is 11.4 Å². The molecule has 12 heteroatoms. The van der Waals surface area contributed by atoms with Crippen molar-refractivity contribution in [3.63, 3.8) is 0 Å². The van der Waals surface area contributed by atoms with E-state index < -0.39 is 37.1 Å². The van der Waals surface area contributed by atoms with Gasteiger partial charge in [-0.25, -0.2) is 32.0 Å². The van der Waals surface area contributed by atoms with E-state index in [1.807, 2.05) is 0 Å². The number of nitrogens with zero attached hydrogens (tertiary/aromatic N) is 2. The first-order valence-corrected chi connectivity index (χ1v) is 11.5. The monoisotopic (exact) mass is 491 g/mol. The lowest BCUT2D eigenvalue weighted by Gasteiger charge is -2.25. The number of amides is 2. The van der Waals surface area contributed by atoms with Crippen LogP contribution in [0, 0.1) is 11.6 Å². The summed E-state index contributed by atoms with van der Waals surface area (Å²) in [7, 11) is -4.28. The average molecular weight is 492 g/mol. The number of halogens is 2. The third-order valence-electron chi connectivity index (χ3n) is 4.98. The number of aromatic nitrogens is 2. The number of anilines is 2. The van der Waals surface area contributed by atoms with Crippen LogP contribution in [0.3, 0.4) is 0 Å². The van der Waals surface area contributed by atoms with Crippen LogP contribution < -0.4 is 16.4 Å². The van der Waals surface area contributed by atoms with Gasteiger partial charge in [0.05, 0.1) is 17.2 Å². The van der Waals surface area contributed by atoms with E-state index in [0.29, 0.717) is 17.3 Å². The van der Waals surface area contributed by atoms with Gasteiger partial charge in [-0.05, 0) is 50.2 Å². The zero-order valence-corrected chi connectivity index (χ0v) is 19.2.